The first-order chi connectivity index (χ1) is 17.0. The molecular formula is C29H40N2O2S2. The zero-order valence-electron chi connectivity index (χ0n) is 21.1. The number of hydrogen-bond donors (Lipinski definition) is 0. The summed E-state index contributed by atoms with van der Waals surface area (Å²) >= 11 is 2.04. The number of sulfonamides is 1. The Hall–Kier alpha value is -1.34. The van der Waals surface area contributed by atoms with Gasteiger partial charge in [-0.05, 0) is 74.5 Å². The normalized spacial score (nSPS) is 21.9. The molecule has 2 aromatic rings. The van der Waals surface area contributed by atoms with E-state index in [2.05, 4.69) is 29.2 Å². The summed E-state index contributed by atoms with van der Waals surface area (Å²) < 4.78 is 28.1. The minimum absolute atomic E-state index is 0.366. The zero-order chi connectivity index (χ0) is 24.3. The third-order valence-electron chi connectivity index (χ3n) is 8.85. The molecule has 1 spiro atoms. The molecule has 1 atom stereocenters. The van der Waals surface area contributed by atoms with Crippen molar-refractivity contribution in [2.24, 2.45) is 11.8 Å². The molecule has 2 aromatic carbocycles. The van der Waals surface area contributed by atoms with Crippen LogP contribution in [0.3, 0.4) is 0 Å². The number of fused-ring (bicyclic) bond motifs is 2. The van der Waals surface area contributed by atoms with Gasteiger partial charge in [0.25, 0.3) is 0 Å². The molecule has 0 bridgehead atoms. The van der Waals surface area contributed by atoms with E-state index in [1.54, 1.807) is 29.0 Å². The van der Waals surface area contributed by atoms with Gasteiger partial charge >= 0.3 is 0 Å². The topological polar surface area (TPSA) is 40.6 Å². The van der Waals surface area contributed by atoms with Crippen LogP contribution < -0.4 is 0 Å². The van der Waals surface area contributed by atoms with Gasteiger partial charge in [0, 0.05) is 29.7 Å². The van der Waals surface area contributed by atoms with Crippen LogP contribution in [0.2, 0.25) is 0 Å². The number of piperidine rings is 1. The Morgan fingerprint density at radius 1 is 1.00 bits per heavy atom. The smallest absolute Gasteiger partial charge is 0.242 e. The van der Waals surface area contributed by atoms with Crippen molar-refractivity contribution in [3.8, 4) is 0 Å². The fraction of sp³-hybridized carbons (Fsp3) is 0.586. The van der Waals surface area contributed by atoms with Crippen LogP contribution in [0, 0.1) is 11.8 Å². The van der Waals surface area contributed by atoms with Gasteiger partial charge in [0.05, 0.1) is 4.90 Å². The minimum Gasteiger partial charge on any atom is -0.303 e. The summed E-state index contributed by atoms with van der Waals surface area (Å²) in [6.45, 7) is 4.03. The lowest BCUT2D eigenvalue weighted by atomic mass is 9.74. The highest BCUT2D eigenvalue weighted by Crippen LogP contribution is 2.49. The molecule has 2 aliphatic heterocycles. The van der Waals surface area contributed by atoms with Crippen molar-refractivity contribution in [2.45, 2.75) is 66.6 Å². The van der Waals surface area contributed by atoms with Crippen LogP contribution in [-0.2, 0) is 15.4 Å². The molecule has 190 valence electrons. The van der Waals surface area contributed by atoms with E-state index in [1.165, 1.54) is 55.6 Å². The second-order valence-corrected chi connectivity index (χ2v) is 14.0. The van der Waals surface area contributed by atoms with Crippen molar-refractivity contribution in [2.75, 3.05) is 39.0 Å². The maximum atomic E-state index is 13.2. The highest BCUT2D eigenvalue weighted by molar-refractivity contribution is 7.99. The molecule has 2 heterocycles. The standard InChI is InChI=1S/C29H40N2O2S2/c1-30(35(32,33)26-12-6-3-7-13-26)22-25(24-10-4-2-5-11-24)16-19-31-20-17-29(18-21-31)23-34-28-15-9-8-14-27(28)29/h3,6-9,12-15,24-25H,2,4-5,10-11,16-23H2,1H3. The molecule has 1 saturated carbocycles. The molecule has 5 rings (SSSR count). The molecule has 6 heteroatoms. The van der Waals surface area contributed by atoms with E-state index in [4.69, 9.17) is 0 Å². The maximum Gasteiger partial charge on any atom is 0.242 e. The van der Waals surface area contributed by atoms with Gasteiger partial charge in [-0.15, -0.1) is 11.8 Å². The summed E-state index contributed by atoms with van der Waals surface area (Å²) in [5.74, 6) is 2.30. The van der Waals surface area contributed by atoms with Crippen LogP contribution in [-0.4, -0.2) is 56.6 Å². The molecule has 0 N–H and O–H groups in total. The molecule has 0 radical (unpaired) electrons. The first-order valence-electron chi connectivity index (χ1n) is 13.4. The van der Waals surface area contributed by atoms with E-state index in [0.717, 1.165) is 26.1 Å². The molecule has 35 heavy (non-hydrogen) atoms. The number of likely N-dealkylation sites (tertiary alicyclic amines) is 1. The lowest BCUT2D eigenvalue weighted by Gasteiger charge is -2.41. The molecule has 0 aromatic heterocycles. The van der Waals surface area contributed by atoms with Crippen molar-refractivity contribution in [3.63, 3.8) is 0 Å². The number of rotatable bonds is 8. The van der Waals surface area contributed by atoms with Crippen LogP contribution in [0.1, 0.15) is 56.9 Å². The summed E-state index contributed by atoms with van der Waals surface area (Å²) in [4.78, 5) is 4.54. The van der Waals surface area contributed by atoms with Gasteiger partial charge in [-0.1, -0.05) is 68.5 Å². The van der Waals surface area contributed by atoms with E-state index in [-0.39, 0.29) is 0 Å². The summed E-state index contributed by atoms with van der Waals surface area (Å²) in [6.07, 6.45) is 9.99. The Bertz CT molecular complexity index is 1070. The third kappa shape index (κ3) is 5.51. The van der Waals surface area contributed by atoms with E-state index in [1.807, 2.05) is 30.0 Å². The van der Waals surface area contributed by atoms with Crippen LogP contribution >= 0.6 is 11.8 Å². The van der Waals surface area contributed by atoms with Crippen molar-refractivity contribution < 1.29 is 8.42 Å². The fourth-order valence-electron chi connectivity index (χ4n) is 6.57. The quantitative estimate of drug-likeness (QED) is 0.433. The van der Waals surface area contributed by atoms with E-state index < -0.39 is 10.0 Å². The van der Waals surface area contributed by atoms with E-state index in [0.29, 0.717) is 28.7 Å². The Balaban J connectivity index is 1.21. The Kier molecular flexibility index (Phi) is 7.93. The van der Waals surface area contributed by atoms with Gasteiger partial charge < -0.3 is 4.90 Å². The predicted octanol–water partition coefficient (Wildman–Crippen LogP) is 6.03. The van der Waals surface area contributed by atoms with Crippen molar-refractivity contribution in [3.05, 3.63) is 60.2 Å². The summed E-state index contributed by atoms with van der Waals surface area (Å²) in [6, 6.07) is 17.9. The van der Waals surface area contributed by atoms with E-state index in [9.17, 15) is 8.42 Å². The Morgan fingerprint density at radius 3 is 2.43 bits per heavy atom. The monoisotopic (exact) mass is 512 g/mol. The van der Waals surface area contributed by atoms with Gasteiger partial charge in [-0.3, -0.25) is 0 Å². The highest BCUT2D eigenvalue weighted by Gasteiger charge is 2.41. The lowest BCUT2D eigenvalue weighted by molar-refractivity contribution is 0.139. The van der Waals surface area contributed by atoms with Crippen LogP contribution in [0.25, 0.3) is 0 Å². The Morgan fingerprint density at radius 2 is 1.69 bits per heavy atom. The number of benzene rings is 2. The van der Waals surface area contributed by atoms with Gasteiger partial charge in [0.1, 0.15) is 0 Å². The minimum atomic E-state index is -3.44. The lowest BCUT2D eigenvalue weighted by Crippen LogP contribution is -2.44. The molecule has 2 fully saturated rings. The first-order valence-corrected chi connectivity index (χ1v) is 15.9. The first kappa shape index (κ1) is 25.3. The molecule has 1 aliphatic carbocycles. The predicted molar refractivity (Wildman–Crippen MR) is 145 cm³/mol. The second kappa shape index (κ2) is 11.0. The largest absolute Gasteiger partial charge is 0.303 e. The fourth-order valence-corrected chi connectivity index (χ4v) is 9.31. The molecule has 0 amide bonds. The van der Waals surface area contributed by atoms with Crippen LogP contribution in [0.5, 0.6) is 0 Å². The molecular weight excluding hydrogens is 472 g/mol. The summed E-state index contributed by atoms with van der Waals surface area (Å²) in [5.41, 5.74) is 1.95. The van der Waals surface area contributed by atoms with Gasteiger partial charge in [-0.25, -0.2) is 12.7 Å². The van der Waals surface area contributed by atoms with Gasteiger partial charge in [-0.2, -0.15) is 0 Å². The number of hydrogen-bond acceptors (Lipinski definition) is 4. The second-order valence-electron chi connectivity index (χ2n) is 11.0. The van der Waals surface area contributed by atoms with E-state index >= 15 is 0 Å². The van der Waals surface area contributed by atoms with Gasteiger partial charge in [0.2, 0.25) is 10.0 Å². The average Bonchev–Trinajstić information content (AvgIpc) is 3.26. The molecule has 4 nitrogen and oxygen atoms in total. The maximum absolute atomic E-state index is 13.2. The van der Waals surface area contributed by atoms with Crippen molar-refractivity contribution in [1.29, 1.82) is 0 Å². The SMILES string of the molecule is CN(CC(CCN1CCC2(CC1)CSc1ccccc12)C1CCCCC1)S(=O)(=O)c1ccccc1. The van der Waals surface area contributed by atoms with Crippen molar-refractivity contribution in [1.82, 2.24) is 9.21 Å². The molecule has 1 unspecified atom stereocenters. The van der Waals surface area contributed by atoms with Gasteiger partial charge in [0.15, 0.2) is 0 Å². The molecule has 1 saturated heterocycles. The molecule has 3 aliphatic rings. The van der Waals surface area contributed by atoms with Crippen LogP contribution in [0.4, 0.5) is 0 Å². The van der Waals surface area contributed by atoms with Crippen molar-refractivity contribution >= 4 is 21.8 Å². The Labute approximate surface area is 216 Å². The summed E-state index contributed by atoms with van der Waals surface area (Å²) in [7, 11) is -1.67. The number of thioether (sulfide) groups is 1. The van der Waals surface area contributed by atoms with Crippen LogP contribution in [0.15, 0.2) is 64.4 Å². The summed E-state index contributed by atoms with van der Waals surface area (Å²) in [5, 5.41) is 0. The highest BCUT2D eigenvalue weighted by atomic mass is 32.2. The third-order valence-corrected chi connectivity index (χ3v) is 12.1. The number of nitrogens with zero attached hydrogens (tertiary/aromatic N) is 2. The average molecular weight is 513 g/mol. The zero-order valence-corrected chi connectivity index (χ0v) is 22.7.